The molecule has 3 aliphatic rings. The Kier molecular flexibility index (Phi) is 6.04. The number of hydrogen-bond acceptors (Lipinski definition) is 4. The van der Waals surface area contributed by atoms with Gasteiger partial charge in [0.1, 0.15) is 11.6 Å². The molecular formula is C27H34FN3O2. The second kappa shape index (κ2) is 8.98. The summed E-state index contributed by atoms with van der Waals surface area (Å²) in [7, 11) is 0. The molecule has 0 radical (unpaired) electrons. The van der Waals surface area contributed by atoms with Crippen LogP contribution in [0, 0.1) is 5.82 Å². The lowest BCUT2D eigenvalue weighted by Gasteiger charge is -2.41. The standard InChI is InChI=1S/C27H34FN3O2/c1-27(2)19-31(26(32)33-24-10-7-21(28)8-11-24)18-20-17-23(9-12-25(20)27)30-15-13-29(14-16-30)22-5-3-4-6-22/h7-12,17,22H,3-6,13-16,18-19H2,1-2H3. The van der Waals surface area contributed by atoms with Crippen LogP contribution in [0.4, 0.5) is 14.9 Å². The monoisotopic (exact) mass is 451 g/mol. The van der Waals surface area contributed by atoms with E-state index in [9.17, 15) is 9.18 Å². The number of piperazine rings is 1. The number of nitrogens with zero attached hydrogens (tertiary/aromatic N) is 3. The molecule has 5 nitrogen and oxygen atoms in total. The lowest BCUT2D eigenvalue weighted by Crippen LogP contribution is -2.50. The Morgan fingerprint density at radius 3 is 2.39 bits per heavy atom. The van der Waals surface area contributed by atoms with Gasteiger partial charge in [-0.1, -0.05) is 32.8 Å². The van der Waals surface area contributed by atoms with E-state index < -0.39 is 6.09 Å². The third-order valence-corrected chi connectivity index (χ3v) is 7.56. The summed E-state index contributed by atoms with van der Waals surface area (Å²) in [6, 6.07) is 13.1. The number of rotatable bonds is 3. The fraction of sp³-hybridized carbons (Fsp3) is 0.519. The third kappa shape index (κ3) is 4.72. The fourth-order valence-corrected chi connectivity index (χ4v) is 5.80. The molecule has 0 bridgehead atoms. The van der Waals surface area contributed by atoms with E-state index in [0.29, 0.717) is 18.8 Å². The summed E-state index contributed by atoms with van der Waals surface area (Å²) in [6.45, 7) is 9.80. The van der Waals surface area contributed by atoms with E-state index in [2.05, 4.69) is 41.8 Å². The first kappa shape index (κ1) is 22.2. The molecule has 2 heterocycles. The quantitative estimate of drug-likeness (QED) is 0.644. The normalized spacial score (nSPS) is 21.2. The molecule has 0 aromatic heterocycles. The van der Waals surface area contributed by atoms with E-state index in [1.54, 1.807) is 4.90 Å². The van der Waals surface area contributed by atoms with Crippen molar-refractivity contribution in [1.82, 2.24) is 9.80 Å². The number of hydrogen-bond donors (Lipinski definition) is 0. The number of ether oxygens (including phenoxy) is 1. The maximum absolute atomic E-state index is 13.2. The van der Waals surface area contributed by atoms with Crippen molar-refractivity contribution in [2.45, 2.75) is 57.5 Å². The summed E-state index contributed by atoms with van der Waals surface area (Å²) in [5.41, 5.74) is 3.54. The Morgan fingerprint density at radius 1 is 1.00 bits per heavy atom. The molecule has 2 aromatic carbocycles. The number of carbonyl (C=O) groups excluding carboxylic acids is 1. The summed E-state index contributed by atoms with van der Waals surface area (Å²) in [5.74, 6) is 0.0123. The van der Waals surface area contributed by atoms with Gasteiger partial charge >= 0.3 is 6.09 Å². The van der Waals surface area contributed by atoms with Crippen molar-refractivity contribution >= 4 is 11.8 Å². The van der Waals surface area contributed by atoms with Crippen LogP contribution in [-0.2, 0) is 12.0 Å². The van der Waals surface area contributed by atoms with Crippen LogP contribution in [0.3, 0.4) is 0 Å². The maximum Gasteiger partial charge on any atom is 0.415 e. The predicted octanol–water partition coefficient (Wildman–Crippen LogP) is 5.18. The van der Waals surface area contributed by atoms with E-state index in [1.165, 1.54) is 66.8 Å². The molecule has 176 valence electrons. The molecule has 2 aliphatic heterocycles. The zero-order chi connectivity index (χ0) is 23.0. The summed E-state index contributed by atoms with van der Waals surface area (Å²) in [5, 5.41) is 0. The van der Waals surface area contributed by atoms with Gasteiger partial charge in [0.25, 0.3) is 0 Å². The highest BCUT2D eigenvalue weighted by atomic mass is 19.1. The average Bonchev–Trinajstić information content (AvgIpc) is 3.35. The number of fused-ring (bicyclic) bond motifs is 1. The predicted molar refractivity (Wildman–Crippen MR) is 128 cm³/mol. The van der Waals surface area contributed by atoms with Crippen LogP contribution < -0.4 is 9.64 Å². The van der Waals surface area contributed by atoms with Gasteiger partial charge in [0, 0.05) is 56.4 Å². The molecule has 0 spiro atoms. The molecule has 33 heavy (non-hydrogen) atoms. The van der Waals surface area contributed by atoms with Crippen molar-refractivity contribution < 1.29 is 13.9 Å². The van der Waals surface area contributed by atoms with Crippen molar-refractivity contribution in [3.8, 4) is 5.75 Å². The van der Waals surface area contributed by atoms with Gasteiger partial charge in [0.15, 0.2) is 0 Å². The van der Waals surface area contributed by atoms with Gasteiger partial charge in [-0.05, 0) is 60.4 Å². The van der Waals surface area contributed by atoms with E-state index in [-0.39, 0.29) is 11.2 Å². The Balaban J connectivity index is 1.28. The topological polar surface area (TPSA) is 36.0 Å². The van der Waals surface area contributed by atoms with Crippen LogP contribution in [0.5, 0.6) is 5.75 Å². The van der Waals surface area contributed by atoms with Gasteiger partial charge in [0.05, 0.1) is 0 Å². The molecule has 1 saturated carbocycles. The number of amides is 1. The van der Waals surface area contributed by atoms with Crippen molar-refractivity contribution in [2.24, 2.45) is 0 Å². The fourth-order valence-electron chi connectivity index (χ4n) is 5.80. The highest BCUT2D eigenvalue weighted by molar-refractivity contribution is 5.72. The van der Waals surface area contributed by atoms with Gasteiger partial charge in [-0.25, -0.2) is 9.18 Å². The largest absolute Gasteiger partial charge is 0.415 e. The molecule has 1 amide bonds. The molecule has 0 atom stereocenters. The van der Waals surface area contributed by atoms with Crippen LogP contribution in [0.1, 0.15) is 50.7 Å². The Morgan fingerprint density at radius 2 is 1.70 bits per heavy atom. The van der Waals surface area contributed by atoms with Gasteiger partial charge < -0.3 is 14.5 Å². The van der Waals surface area contributed by atoms with E-state index >= 15 is 0 Å². The Labute approximate surface area is 196 Å². The first-order valence-corrected chi connectivity index (χ1v) is 12.2. The second-order valence-electron chi connectivity index (χ2n) is 10.4. The molecule has 0 unspecified atom stereocenters. The highest BCUT2D eigenvalue weighted by Gasteiger charge is 2.35. The van der Waals surface area contributed by atoms with Crippen LogP contribution >= 0.6 is 0 Å². The third-order valence-electron chi connectivity index (χ3n) is 7.56. The molecular weight excluding hydrogens is 417 g/mol. The second-order valence-corrected chi connectivity index (χ2v) is 10.4. The van der Waals surface area contributed by atoms with Crippen molar-refractivity contribution in [1.29, 1.82) is 0 Å². The molecule has 1 saturated heterocycles. The summed E-state index contributed by atoms with van der Waals surface area (Å²) >= 11 is 0. The molecule has 6 heteroatoms. The number of carbonyl (C=O) groups is 1. The summed E-state index contributed by atoms with van der Waals surface area (Å²) in [6.07, 6.45) is 5.09. The highest BCUT2D eigenvalue weighted by Crippen LogP contribution is 2.36. The van der Waals surface area contributed by atoms with Gasteiger partial charge in [-0.15, -0.1) is 0 Å². The molecule has 1 aliphatic carbocycles. The molecule has 2 fully saturated rings. The number of benzene rings is 2. The van der Waals surface area contributed by atoms with Crippen LogP contribution in [-0.4, -0.2) is 54.7 Å². The molecule has 2 aromatic rings. The van der Waals surface area contributed by atoms with Gasteiger partial charge in [0.2, 0.25) is 0 Å². The van der Waals surface area contributed by atoms with Crippen LogP contribution in [0.25, 0.3) is 0 Å². The number of anilines is 1. The van der Waals surface area contributed by atoms with Crippen molar-refractivity contribution in [3.05, 3.63) is 59.4 Å². The lowest BCUT2D eigenvalue weighted by atomic mass is 9.78. The van der Waals surface area contributed by atoms with Crippen LogP contribution in [0.2, 0.25) is 0 Å². The number of halogens is 1. The summed E-state index contributed by atoms with van der Waals surface area (Å²) < 4.78 is 18.7. The minimum atomic E-state index is -0.393. The molecule has 0 N–H and O–H groups in total. The smallest absolute Gasteiger partial charge is 0.410 e. The minimum absolute atomic E-state index is 0.172. The van der Waals surface area contributed by atoms with Gasteiger partial charge in [-0.3, -0.25) is 4.90 Å². The van der Waals surface area contributed by atoms with E-state index in [0.717, 1.165) is 32.2 Å². The van der Waals surface area contributed by atoms with Crippen molar-refractivity contribution in [3.63, 3.8) is 0 Å². The first-order valence-electron chi connectivity index (χ1n) is 12.2. The first-order chi connectivity index (χ1) is 15.9. The zero-order valence-corrected chi connectivity index (χ0v) is 19.7. The van der Waals surface area contributed by atoms with Crippen molar-refractivity contribution in [2.75, 3.05) is 37.6 Å². The Bertz CT molecular complexity index is 993. The van der Waals surface area contributed by atoms with Gasteiger partial charge in [-0.2, -0.15) is 0 Å². The average molecular weight is 452 g/mol. The molecule has 5 rings (SSSR count). The Hall–Kier alpha value is -2.60. The zero-order valence-electron chi connectivity index (χ0n) is 19.7. The maximum atomic E-state index is 13.2. The lowest BCUT2D eigenvalue weighted by molar-refractivity contribution is 0.132. The van der Waals surface area contributed by atoms with E-state index in [1.807, 2.05) is 0 Å². The van der Waals surface area contributed by atoms with E-state index in [4.69, 9.17) is 4.74 Å². The van der Waals surface area contributed by atoms with Crippen LogP contribution in [0.15, 0.2) is 42.5 Å². The summed E-state index contributed by atoms with van der Waals surface area (Å²) in [4.78, 5) is 19.8. The minimum Gasteiger partial charge on any atom is -0.410 e. The SMILES string of the molecule is CC1(C)CN(C(=O)Oc2ccc(F)cc2)Cc2cc(N3CCN(C4CCCC4)CC3)ccc21.